The van der Waals surface area contributed by atoms with Crippen molar-refractivity contribution in [1.82, 2.24) is 15.2 Å². The molecule has 1 unspecified atom stereocenters. The third-order valence-electron chi connectivity index (χ3n) is 2.85. The van der Waals surface area contributed by atoms with E-state index in [1.807, 2.05) is 13.0 Å². The zero-order chi connectivity index (χ0) is 14.0. The first kappa shape index (κ1) is 14.6. The molecule has 0 aliphatic carbocycles. The van der Waals surface area contributed by atoms with Gasteiger partial charge in [-0.2, -0.15) is 5.10 Å². The SMILES string of the molecule is CCn1ncc(Cl)c1C(NN)c1ccc(Cl)c(Cl)c1. The minimum absolute atomic E-state index is 0.301. The molecule has 0 fully saturated rings. The van der Waals surface area contributed by atoms with Crippen LogP contribution in [0, 0.1) is 0 Å². The number of hydrogen-bond donors (Lipinski definition) is 2. The Morgan fingerprint density at radius 2 is 2.00 bits per heavy atom. The maximum Gasteiger partial charge on any atom is 0.0894 e. The van der Waals surface area contributed by atoms with Crippen molar-refractivity contribution in [3.8, 4) is 0 Å². The molecular weight excluding hydrogens is 307 g/mol. The van der Waals surface area contributed by atoms with E-state index in [2.05, 4.69) is 10.5 Å². The fraction of sp³-hybridized carbons (Fsp3) is 0.250. The lowest BCUT2D eigenvalue weighted by molar-refractivity contribution is 0.543. The monoisotopic (exact) mass is 318 g/mol. The van der Waals surface area contributed by atoms with Gasteiger partial charge in [-0.25, -0.2) is 5.43 Å². The van der Waals surface area contributed by atoms with E-state index in [9.17, 15) is 0 Å². The van der Waals surface area contributed by atoms with Crippen molar-refractivity contribution in [1.29, 1.82) is 0 Å². The number of halogens is 3. The molecular formula is C12H13Cl3N4. The molecule has 102 valence electrons. The summed E-state index contributed by atoms with van der Waals surface area (Å²) in [5, 5.41) is 5.72. The Kier molecular flexibility index (Phi) is 4.71. The number of hydrazine groups is 1. The van der Waals surface area contributed by atoms with E-state index >= 15 is 0 Å². The van der Waals surface area contributed by atoms with E-state index in [0.717, 1.165) is 11.3 Å². The van der Waals surface area contributed by atoms with Crippen molar-refractivity contribution in [3.63, 3.8) is 0 Å². The van der Waals surface area contributed by atoms with E-state index in [4.69, 9.17) is 40.6 Å². The molecule has 0 bridgehead atoms. The summed E-state index contributed by atoms with van der Waals surface area (Å²) in [5.41, 5.74) is 4.40. The second kappa shape index (κ2) is 6.11. The third-order valence-corrected chi connectivity index (χ3v) is 3.88. The van der Waals surface area contributed by atoms with Crippen LogP contribution in [0.4, 0.5) is 0 Å². The summed E-state index contributed by atoms with van der Waals surface area (Å²) in [5.74, 6) is 5.65. The van der Waals surface area contributed by atoms with Crippen molar-refractivity contribution >= 4 is 34.8 Å². The molecule has 3 N–H and O–H groups in total. The van der Waals surface area contributed by atoms with Crippen molar-refractivity contribution in [2.75, 3.05) is 0 Å². The molecule has 1 atom stereocenters. The van der Waals surface area contributed by atoms with E-state index < -0.39 is 0 Å². The molecule has 0 amide bonds. The number of nitrogens with zero attached hydrogens (tertiary/aromatic N) is 2. The van der Waals surface area contributed by atoms with Gasteiger partial charge >= 0.3 is 0 Å². The number of aromatic nitrogens is 2. The highest BCUT2D eigenvalue weighted by molar-refractivity contribution is 6.42. The van der Waals surface area contributed by atoms with Crippen LogP contribution in [0.1, 0.15) is 24.2 Å². The summed E-state index contributed by atoms with van der Waals surface area (Å²) >= 11 is 18.1. The van der Waals surface area contributed by atoms with Crippen LogP contribution in [0.5, 0.6) is 0 Å². The van der Waals surface area contributed by atoms with Gasteiger partial charge in [-0.15, -0.1) is 0 Å². The van der Waals surface area contributed by atoms with Gasteiger partial charge < -0.3 is 0 Å². The zero-order valence-corrected chi connectivity index (χ0v) is 12.5. The van der Waals surface area contributed by atoms with Crippen LogP contribution in [0.15, 0.2) is 24.4 Å². The fourth-order valence-corrected chi connectivity index (χ4v) is 2.49. The summed E-state index contributed by atoms with van der Waals surface area (Å²) in [6.45, 7) is 2.68. The molecule has 1 heterocycles. The van der Waals surface area contributed by atoms with Crippen LogP contribution < -0.4 is 11.3 Å². The Bertz CT molecular complexity index is 582. The van der Waals surface area contributed by atoms with E-state index in [0.29, 0.717) is 21.6 Å². The van der Waals surface area contributed by atoms with Crippen molar-refractivity contribution in [2.45, 2.75) is 19.5 Å². The van der Waals surface area contributed by atoms with E-state index in [1.165, 1.54) is 0 Å². The number of aryl methyl sites for hydroxylation is 1. The van der Waals surface area contributed by atoms with Gasteiger partial charge in [0, 0.05) is 6.54 Å². The molecule has 0 radical (unpaired) electrons. The molecule has 4 nitrogen and oxygen atoms in total. The molecule has 0 aliphatic rings. The summed E-state index contributed by atoms with van der Waals surface area (Å²) in [6, 6.07) is 5.04. The van der Waals surface area contributed by atoms with Gasteiger partial charge in [-0.3, -0.25) is 10.5 Å². The first-order chi connectivity index (χ1) is 9.08. The highest BCUT2D eigenvalue weighted by Crippen LogP contribution is 2.31. The lowest BCUT2D eigenvalue weighted by Crippen LogP contribution is -2.31. The smallest absolute Gasteiger partial charge is 0.0894 e. The molecule has 0 aliphatic heterocycles. The first-order valence-electron chi connectivity index (χ1n) is 5.70. The lowest BCUT2D eigenvalue weighted by atomic mass is 10.0. The minimum Gasteiger partial charge on any atom is -0.271 e. The summed E-state index contributed by atoms with van der Waals surface area (Å²) in [4.78, 5) is 0. The predicted octanol–water partition coefficient (Wildman–Crippen LogP) is 3.42. The Morgan fingerprint density at radius 3 is 2.58 bits per heavy atom. The van der Waals surface area contributed by atoms with Crippen LogP contribution in [0.3, 0.4) is 0 Å². The molecule has 2 aromatic rings. The van der Waals surface area contributed by atoms with Gasteiger partial charge in [0.25, 0.3) is 0 Å². The normalized spacial score (nSPS) is 12.7. The molecule has 0 saturated carbocycles. The number of nitrogens with one attached hydrogen (secondary N) is 1. The summed E-state index contributed by atoms with van der Waals surface area (Å²) < 4.78 is 1.79. The Morgan fingerprint density at radius 1 is 1.26 bits per heavy atom. The molecule has 1 aromatic heterocycles. The molecule has 0 saturated heterocycles. The minimum atomic E-state index is -0.301. The van der Waals surface area contributed by atoms with Crippen molar-refractivity contribution < 1.29 is 0 Å². The lowest BCUT2D eigenvalue weighted by Gasteiger charge is -2.18. The van der Waals surface area contributed by atoms with Crippen molar-refractivity contribution in [2.24, 2.45) is 5.84 Å². The quantitative estimate of drug-likeness (QED) is 0.670. The Hall–Kier alpha value is -0.780. The van der Waals surface area contributed by atoms with Gasteiger partial charge in [-0.1, -0.05) is 40.9 Å². The molecule has 2 rings (SSSR count). The first-order valence-corrected chi connectivity index (χ1v) is 6.84. The van der Waals surface area contributed by atoms with Gasteiger partial charge in [0.15, 0.2) is 0 Å². The van der Waals surface area contributed by atoms with Crippen LogP contribution in [-0.4, -0.2) is 9.78 Å². The van der Waals surface area contributed by atoms with Gasteiger partial charge in [0.1, 0.15) is 0 Å². The van der Waals surface area contributed by atoms with Crippen LogP contribution in [0.25, 0.3) is 0 Å². The van der Waals surface area contributed by atoms with Gasteiger partial charge in [0.2, 0.25) is 0 Å². The molecule has 1 aromatic carbocycles. The van der Waals surface area contributed by atoms with Crippen molar-refractivity contribution in [3.05, 3.63) is 50.7 Å². The summed E-state index contributed by atoms with van der Waals surface area (Å²) in [6.07, 6.45) is 1.60. The molecule has 7 heteroatoms. The highest BCUT2D eigenvalue weighted by Gasteiger charge is 2.21. The standard InChI is InChI=1S/C12H13Cl3N4/c1-2-19-12(10(15)6-17-19)11(18-16)7-3-4-8(13)9(14)5-7/h3-6,11,18H,2,16H2,1H3. The van der Waals surface area contributed by atoms with Gasteiger partial charge in [0.05, 0.1) is 33.0 Å². The zero-order valence-electron chi connectivity index (χ0n) is 10.2. The average Bonchev–Trinajstić information content (AvgIpc) is 2.76. The van der Waals surface area contributed by atoms with E-state index in [1.54, 1.807) is 23.0 Å². The highest BCUT2D eigenvalue weighted by atomic mass is 35.5. The Balaban J connectivity index is 2.49. The topological polar surface area (TPSA) is 55.9 Å². The largest absolute Gasteiger partial charge is 0.271 e. The predicted molar refractivity (Wildman–Crippen MR) is 78.5 cm³/mol. The second-order valence-corrected chi connectivity index (χ2v) is 5.19. The third kappa shape index (κ3) is 2.88. The average molecular weight is 320 g/mol. The second-order valence-electron chi connectivity index (χ2n) is 3.97. The number of nitrogens with two attached hydrogens (primary N) is 1. The maximum atomic E-state index is 6.18. The number of rotatable bonds is 4. The summed E-state index contributed by atoms with van der Waals surface area (Å²) in [7, 11) is 0. The molecule has 19 heavy (non-hydrogen) atoms. The Labute approximate surface area is 126 Å². The number of hydrogen-bond acceptors (Lipinski definition) is 3. The molecule has 0 spiro atoms. The fourth-order valence-electron chi connectivity index (χ4n) is 1.94. The maximum absolute atomic E-state index is 6.18. The van der Waals surface area contributed by atoms with Crippen LogP contribution in [0.2, 0.25) is 15.1 Å². The van der Waals surface area contributed by atoms with Gasteiger partial charge in [-0.05, 0) is 24.6 Å². The van der Waals surface area contributed by atoms with E-state index in [-0.39, 0.29) is 6.04 Å². The van der Waals surface area contributed by atoms with Crippen LogP contribution in [-0.2, 0) is 6.54 Å². The van der Waals surface area contributed by atoms with Crippen LogP contribution >= 0.6 is 34.8 Å². The number of benzene rings is 1.